The van der Waals surface area contributed by atoms with Crippen LogP contribution < -0.4 is 10.6 Å². The van der Waals surface area contributed by atoms with Crippen LogP contribution in [0.1, 0.15) is 10.4 Å². The van der Waals surface area contributed by atoms with Crippen LogP contribution in [0.2, 0.25) is 5.02 Å². The molecule has 3 N–H and O–H groups in total. The van der Waals surface area contributed by atoms with Crippen LogP contribution in [0.5, 0.6) is 0 Å². The van der Waals surface area contributed by atoms with Gasteiger partial charge < -0.3 is 10.4 Å². The lowest BCUT2D eigenvalue weighted by molar-refractivity contribution is 0.102. The number of carboxylic acid groups (broad SMARTS) is 1. The van der Waals surface area contributed by atoms with Gasteiger partial charge in [0.15, 0.2) is 0 Å². The molecule has 0 aliphatic rings. The fourth-order valence-electron chi connectivity index (χ4n) is 1.65. The highest BCUT2D eigenvalue weighted by Gasteiger charge is 2.11. The predicted octanol–water partition coefficient (Wildman–Crippen LogP) is 3.82. The number of rotatable bonds is 3. The van der Waals surface area contributed by atoms with E-state index in [1.54, 1.807) is 12.1 Å². The van der Waals surface area contributed by atoms with Crippen LogP contribution in [0.25, 0.3) is 0 Å². The number of carbonyl (C=O) groups excluding carboxylic acids is 1. The summed E-state index contributed by atoms with van der Waals surface area (Å²) in [4.78, 5) is 22.5. The second-order valence-electron chi connectivity index (χ2n) is 4.09. The molecule has 0 aliphatic heterocycles. The molecule has 2 aromatic rings. The van der Waals surface area contributed by atoms with E-state index < -0.39 is 17.8 Å². The van der Waals surface area contributed by atoms with E-state index in [1.165, 1.54) is 24.3 Å². The van der Waals surface area contributed by atoms with Crippen molar-refractivity contribution in [3.8, 4) is 0 Å². The number of amides is 2. The summed E-state index contributed by atoms with van der Waals surface area (Å²) < 4.78 is 13.6. The highest BCUT2D eigenvalue weighted by atomic mass is 35.5. The first-order chi connectivity index (χ1) is 9.95. The molecule has 21 heavy (non-hydrogen) atoms. The van der Waals surface area contributed by atoms with E-state index in [0.717, 1.165) is 6.07 Å². The van der Waals surface area contributed by atoms with Gasteiger partial charge in [-0.1, -0.05) is 17.7 Å². The predicted molar refractivity (Wildman–Crippen MR) is 77.5 cm³/mol. The minimum absolute atomic E-state index is 0.133. The fraction of sp³-hybridized carbons (Fsp3) is 0. The molecule has 0 bridgehead atoms. The molecule has 0 saturated carbocycles. The van der Waals surface area contributed by atoms with Crippen molar-refractivity contribution in [2.24, 2.45) is 0 Å². The zero-order valence-corrected chi connectivity index (χ0v) is 11.3. The molecule has 0 radical (unpaired) electrons. The Labute approximate surface area is 124 Å². The van der Waals surface area contributed by atoms with E-state index in [9.17, 15) is 14.0 Å². The summed E-state index contributed by atoms with van der Waals surface area (Å²) in [6.07, 6.45) is -1.28. The Kier molecular flexibility index (Phi) is 4.39. The second-order valence-corrected chi connectivity index (χ2v) is 4.53. The van der Waals surface area contributed by atoms with Gasteiger partial charge in [-0.05, 0) is 36.4 Å². The lowest BCUT2D eigenvalue weighted by atomic mass is 10.2. The van der Waals surface area contributed by atoms with Crippen molar-refractivity contribution in [2.75, 3.05) is 10.6 Å². The van der Waals surface area contributed by atoms with Gasteiger partial charge in [-0.3, -0.25) is 10.1 Å². The third kappa shape index (κ3) is 3.93. The van der Waals surface area contributed by atoms with Crippen molar-refractivity contribution < 1.29 is 19.1 Å². The highest BCUT2D eigenvalue weighted by Crippen LogP contribution is 2.21. The fourth-order valence-corrected chi connectivity index (χ4v) is 1.84. The third-order valence-electron chi connectivity index (χ3n) is 2.55. The average molecular weight is 309 g/mol. The standard InChI is InChI=1S/C14H10ClFN2O3/c15-9-3-1-2-8(6-9)13(19)18-12-7-10(17-14(20)21)4-5-11(12)16/h1-7,17H,(H,18,19)(H,20,21). The molecule has 0 atom stereocenters. The Morgan fingerprint density at radius 2 is 1.86 bits per heavy atom. The van der Waals surface area contributed by atoms with Gasteiger partial charge in [0.05, 0.1) is 5.69 Å². The zero-order chi connectivity index (χ0) is 15.4. The summed E-state index contributed by atoms with van der Waals surface area (Å²) in [6.45, 7) is 0. The van der Waals surface area contributed by atoms with Gasteiger partial charge in [0.2, 0.25) is 0 Å². The Morgan fingerprint density at radius 1 is 1.10 bits per heavy atom. The maximum absolute atomic E-state index is 13.6. The van der Waals surface area contributed by atoms with Crippen LogP contribution in [0.4, 0.5) is 20.6 Å². The molecule has 0 spiro atoms. The van der Waals surface area contributed by atoms with Crippen LogP contribution in [-0.2, 0) is 0 Å². The quantitative estimate of drug-likeness (QED) is 0.806. The zero-order valence-electron chi connectivity index (χ0n) is 10.6. The number of benzene rings is 2. The first-order valence-corrected chi connectivity index (χ1v) is 6.20. The Balaban J connectivity index is 2.22. The van der Waals surface area contributed by atoms with Gasteiger partial charge in [-0.2, -0.15) is 0 Å². The largest absolute Gasteiger partial charge is 0.465 e. The number of anilines is 2. The summed E-state index contributed by atoms with van der Waals surface area (Å²) in [5, 5.41) is 13.4. The molecule has 0 aromatic heterocycles. The first kappa shape index (κ1) is 14.8. The number of nitrogens with one attached hydrogen (secondary N) is 2. The van der Waals surface area contributed by atoms with Gasteiger partial charge in [0.1, 0.15) is 5.82 Å². The van der Waals surface area contributed by atoms with Gasteiger partial charge >= 0.3 is 6.09 Å². The second kappa shape index (κ2) is 6.23. The SMILES string of the molecule is O=C(O)Nc1ccc(F)c(NC(=O)c2cccc(Cl)c2)c1. The summed E-state index contributed by atoms with van der Waals surface area (Å²) in [5.41, 5.74) is 0.273. The summed E-state index contributed by atoms with van der Waals surface area (Å²) >= 11 is 5.78. The molecule has 2 rings (SSSR count). The van der Waals surface area contributed by atoms with Crippen LogP contribution >= 0.6 is 11.6 Å². The Morgan fingerprint density at radius 3 is 2.52 bits per heavy atom. The van der Waals surface area contributed by atoms with Crippen molar-refractivity contribution in [3.63, 3.8) is 0 Å². The van der Waals surface area contributed by atoms with Crippen LogP contribution in [-0.4, -0.2) is 17.1 Å². The van der Waals surface area contributed by atoms with Crippen LogP contribution in [0, 0.1) is 5.82 Å². The number of carbonyl (C=O) groups is 2. The monoisotopic (exact) mass is 308 g/mol. The number of hydrogen-bond acceptors (Lipinski definition) is 2. The minimum atomic E-state index is -1.28. The van der Waals surface area contributed by atoms with Gasteiger partial charge in [-0.25, -0.2) is 9.18 Å². The van der Waals surface area contributed by atoms with Crippen molar-refractivity contribution in [1.82, 2.24) is 0 Å². The molecule has 5 nitrogen and oxygen atoms in total. The number of hydrogen-bond donors (Lipinski definition) is 3. The van der Waals surface area contributed by atoms with E-state index in [0.29, 0.717) is 5.02 Å². The molecule has 0 unspecified atom stereocenters. The molecule has 0 aliphatic carbocycles. The molecule has 0 saturated heterocycles. The van der Waals surface area contributed by atoms with Gasteiger partial charge in [-0.15, -0.1) is 0 Å². The van der Waals surface area contributed by atoms with E-state index in [1.807, 2.05) is 0 Å². The van der Waals surface area contributed by atoms with E-state index >= 15 is 0 Å². The van der Waals surface area contributed by atoms with Crippen molar-refractivity contribution in [3.05, 3.63) is 58.9 Å². The smallest absolute Gasteiger partial charge is 0.409 e. The van der Waals surface area contributed by atoms with Crippen molar-refractivity contribution in [1.29, 1.82) is 0 Å². The first-order valence-electron chi connectivity index (χ1n) is 5.82. The molecule has 2 amide bonds. The van der Waals surface area contributed by atoms with Crippen LogP contribution in [0.3, 0.4) is 0 Å². The summed E-state index contributed by atoms with van der Waals surface area (Å²) in [7, 11) is 0. The Bertz CT molecular complexity index is 706. The Hall–Kier alpha value is -2.60. The van der Waals surface area contributed by atoms with Crippen molar-refractivity contribution in [2.45, 2.75) is 0 Å². The molecule has 2 aromatic carbocycles. The average Bonchev–Trinajstić information content (AvgIpc) is 2.42. The maximum atomic E-state index is 13.6. The van der Waals surface area contributed by atoms with Gasteiger partial charge in [0.25, 0.3) is 5.91 Å². The van der Waals surface area contributed by atoms with E-state index in [2.05, 4.69) is 10.6 Å². The molecular weight excluding hydrogens is 299 g/mol. The molecular formula is C14H10ClFN2O3. The minimum Gasteiger partial charge on any atom is -0.465 e. The maximum Gasteiger partial charge on any atom is 0.409 e. The van der Waals surface area contributed by atoms with Crippen LogP contribution in [0.15, 0.2) is 42.5 Å². The van der Waals surface area contributed by atoms with Crippen molar-refractivity contribution >= 4 is 35.0 Å². The lowest BCUT2D eigenvalue weighted by Gasteiger charge is -2.09. The molecule has 0 fully saturated rings. The third-order valence-corrected chi connectivity index (χ3v) is 2.79. The topological polar surface area (TPSA) is 78.4 Å². The normalized spacial score (nSPS) is 10.0. The van der Waals surface area contributed by atoms with Gasteiger partial charge in [0, 0.05) is 16.3 Å². The summed E-state index contributed by atoms with van der Waals surface area (Å²) in [6, 6.07) is 9.65. The van der Waals surface area contributed by atoms with E-state index in [-0.39, 0.29) is 16.9 Å². The molecule has 0 heterocycles. The summed E-state index contributed by atoms with van der Waals surface area (Å²) in [5.74, 6) is -1.23. The van der Waals surface area contributed by atoms with E-state index in [4.69, 9.17) is 16.7 Å². The molecule has 108 valence electrons. The number of halogens is 2. The lowest BCUT2D eigenvalue weighted by Crippen LogP contribution is -2.14. The highest BCUT2D eigenvalue weighted by molar-refractivity contribution is 6.31. The molecule has 7 heteroatoms.